The number of carbonyl (C=O) groups is 1. The quantitative estimate of drug-likeness (QED) is 0.764. The monoisotopic (exact) mass is 319 g/mol. The average Bonchev–Trinajstić information content (AvgIpc) is 2.84. The molecule has 0 bridgehead atoms. The maximum absolute atomic E-state index is 13.6. The summed E-state index contributed by atoms with van der Waals surface area (Å²) in [5.41, 5.74) is 3.05. The summed E-state index contributed by atoms with van der Waals surface area (Å²) >= 11 is 0. The van der Waals surface area contributed by atoms with Crippen molar-refractivity contribution in [3.8, 4) is 0 Å². The maximum Gasteiger partial charge on any atom is 0.223 e. The minimum absolute atomic E-state index is 0.0204. The third-order valence-corrected chi connectivity index (χ3v) is 3.97. The van der Waals surface area contributed by atoms with E-state index in [4.69, 9.17) is 0 Å². The third kappa shape index (κ3) is 4.16. The molecule has 0 aliphatic carbocycles. The second-order valence-electron chi connectivity index (χ2n) is 5.80. The zero-order valence-electron chi connectivity index (χ0n) is 13.6. The molecular formula is C17H22FN3O2. The van der Waals surface area contributed by atoms with Gasteiger partial charge in [-0.15, -0.1) is 0 Å². The zero-order chi connectivity index (χ0) is 17.0. The molecule has 124 valence electrons. The van der Waals surface area contributed by atoms with Crippen molar-refractivity contribution in [2.24, 2.45) is 5.92 Å². The Labute approximate surface area is 134 Å². The molecule has 1 aromatic heterocycles. The molecule has 0 radical (unpaired) electrons. The number of aromatic nitrogens is 2. The molecule has 0 fully saturated rings. The van der Waals surface area contributed by atoms with Gasteiger partial charge < -0.3 is 10.4 Å². The number of aryl methyl sites for hydroxylation is 2. The van der Waals surface area contributed by atoms with Gasteiger partial charge >= 0.3 is 0 Å². The first kappa shape index (κ1) is 17.1. The van der Waals surface area contributed by atoms with E-state index in [9.17, 15) is 14.3 Å². The van der Waals surface area contributed by atoms with E-state index in [0.29, 0.717) is 6.42 Å². The van der Waals surface area contributed by atoms with Crippen LogP contribution in [-0.4, -0.2) is 27.8 Å². The lowest BCUT2D eigenvalue weighted by atomic mass is 9.99. The molecule has 1 amide bonds. The van der Waals surface area contributed by atoms with Crippen LogP contribution in [0.25, 0.3) is 0 Å². The van der Waals surface area contributed by atoms with Gasteiger partial charge in [-0.2, -0.15) is 5.10 Å². The Bertz CT molecular complexity index is 665. The second kappa shape index (κ2) is 7.37. The van der Waals surface area contributed by atoms with Crippen LogP contribution in [-0.2, 0) is 11.2 Å². The standard InChI is InChI=1S/C17H22FN3O2/c1-10(8-14-11(2)20-21-12(14)3)17(23)19-9-16(22)13-6-4-5-7-15(13)18/h4-7,10,16,22H,8-9H2,1-3H3,(H,19,23)(H,20,21). The fourth-order valence-corrected chi connectivity index (χ4v) is 2.50. The number of H-pyrrole nitrogens is 1. The topological polar surface area (TPSA) is 78.0 Å². The summed E-state index contributed by atoms with van der Waals surface area (Å²) in [6.07, 6.45) is -0.500. The van der Waals surface area contributed by atoms with Crippen LogP contribution >= 0.6 is 0 Å². The predicted octanol–water partition coefficient (Wildman–Crippen LogP) is 2.19. The molecule has 5 nitrogen and oxygen atoms in total. The average molecular weight is 319 g/mol. The molecule has 0 saturated carbocycles. The number of aromatic amines is 1. The number of carbonyl (C=O) groups excluding carboxylic acids is 1. The molecule has 1 aromatic carbocycles. The first-order valence-electron chi connectivity index (χ1n) is 7.60. The van der Waals surface area contributed by atoms with E-state index in [1.807, 2.05) is 20.8 Å². The molecule has 1 heterocycles. The highest BCUT2D eigenvalue weighted by molar-refractivity contribution is 5.78. The minimum atomic E-state index is -1.07. The molecule has 23 heavy (non-hydrogen) atoms. The van der Waals surface area contributed by atoms with E-state index in [1.54, 1.807) is 12.1 Å². The number of nitrogens with one attached hydrogen (secondary N) is 2. The number of nitrogens with zero attached hydrogens (tertiary/aromatic N) is 1. The molecule has 6 heteroatoms. The Balaban J connectivity index is 1.90. The van der Waals surface area contributed by atoms with E-state index in [-0.39, 0.29) is 23.9 Å². The van der Waals surface area contributed by atoms with E-state index in [2.05, 4.69) is 15.5 Å². The van der Waals surface area contributed by atoms with Gasteiger partial charge in [0.1, 0.15) is 5.82 Å². The summed E-state index contributed by atoms with van der Waals surface area (Å²) in [4.78, 5) is 12.2. The number of hydrogen-bond acceptors (Lipinski definition) is 3. The lowest BCUT2D eigenvalue weighted by Gasteiger charge is -2.16. The number of aliphatic hydroxyl groups excluding tert-OH is 1. The van der Waals surface area contributed by atoms with E-state index in [1.165, 1.54) is 12.1 Å². The number of aliphatic hydroxyl groups is 1. The Morgan fingerprint density at radius 2 is 2.09 bits per heavy atom. The normalized spacial score (nSPS) is 13.6. The van der Waals surface area contributed by atoms with Gasteiger partial charge in [0.25, 0.3) is 0 Å². The van der Waals surface area contributed by atoms with Gasteiger partial charge in [-0.3, -0.25) is 9.89 Å². The number of halogens is 1. The largest absolute Gasteiger partial charge is 0.386 e. The van der Waals surface area contributed by atoms with Gasteiger partial charge in [-0.1, -0.05) is 25.1 Å². The summed E-state index contributed by atoms with van der Waals surface area (Å²) < 4.78 is 13.6. The van der Waals surface area contributed by atoms with Crippen LogP contribution in [0.3, 0.4) is 0 Å². The molecule has 3 N–H and O–H groups in total. The molecule has 0 aliphatic rings. The summed E-state index contributed by atoms with van der Waals surface area (Å²) in [6.45, 7) is 5.61. The first-order chi connectivity index (χ1) is 10.9. The van der Waals surface area contributed by atoms with Crippen LogP contribution in [0, 0.1) is 25.6 Å². The van der Waals surface area contributed by atoms with Crippen molar-refractivity contribution in [2.45, 2.75) is 33.3 Å². The second-order valence-corrected chi connectivity index (χ2v) is 5.80. The highest BCUT2D eigenvalue weighted by atomic mass is 19.1. The highest BCUT2D eigenvalue weighted by Crippen LogP contribution is 2.17. The van der Waals surface area contributed by atoms with E-state index >= 15 is 0 Å². The third-order valence-electron chi connectivity index (χ3n) is 3.97. The molecule has 2 aromatic rings. The molecule has 0 aliphatic heterocycles. The maximum atomic E-state index is 13.6. The lowest BCUT2D eigenvalue weighted by molar-refractivity contribution is -0.124. The van der Waals surface area contributed by atoms with Crippen LogP contribution < -0.4 is 5.32 Å². The van der Waals surface area contributed by atoms with Gasteiger partial charge in [0.2, 0.25) is 5.91 Å². The molecule has 0 saturated heterocycles. The van der Waals surface area contributed by atoms with Crippen molar-refractivity contribution in [1.29, 1.82) is 0 Å². The SMILES string of the molecule is Cc1n[nH]c(C)c1CC(C)C(=O)NCC(O)c1ccccc1F. The van der Waals surface area contributed by atoms with Crippen LogP contribution in [0.4, 0.5) is 4.39 Å². The summed E-state index contributed by atoms with van der Waals surface area (Å²) in [6, 6.07) is 6.00. The van der Waals surface area contributed by atoms with Crippen LogP contribution in [0.2, 0.25) is 0 Å². The fourth-order valence-electron chi connectivity index (χ4n) is 2.50. The van der Waals surface area contributed by atoms with Crippen LogP contribution in [0.15, 0.2) is 24.3 Å². The van der Waals surface area contributed by atoms with Crippen LogP contribution in [0.5, 0.6) is 0 Å². The van der Waals surface area contributed by atoms with E-state index in [0.717, 1.165) is 17.0 Å². The summed E-state index contributed by atoms with van der Waals surface area (Å²) in [5.74, 6) is -0.926. The molecule has 2 unspecified atom stereocenters. The zero-order valence-corrected chi connectivity index (χ0v) is 13.6. The van der Waals surface area contributed by atoms with Crippen molar-refractivity contribution in [2.75, 3.05) is 6.54 Å². The van der Waals surface area contributed by atoms with Crippen LogP contribution in [0.1, 0.15) is 35.5 Å². The first-order valence-corrected chi connectivity index (χ1v) is 7.60. The van der Waals surface area contributed by atoms with Gasteiger partial charge in [-0.25, -0.2) is 4.39 Å². The van der Waals surface area contributed by atoms with Crippen molar-refractivity contribution in [3.05, 3.63) is 52.6 Å². The molecule has 0 spiro atoms. The van der Waals surface area contributed by atoms with Crippen molar-refractivity contribution in [3.63, 3.8) is 0 Å². The smallest absolute Gasteiger partial charge is 0.223 e. The summed E-state index contributed by atoms with van der Waals surface area (Å²) in [7, 11) is 0. The molecule has 2 atom stereocenters. The number of rotatable bonds is 6. The Morgan fingerprint density at radius 1 is 1.39 bits per heavy atom. The Hall–Kier alpha value is -2.21. The van der Waals surface area contributed by atoms with Crippen molar-refractivity contribution < 1.29 is 14.3 Å². The van der Waals surface area contributed by atoms with Gasteiger partial charge in [0.05, 0.1) is 11.8 Å². The Kier molecular flexibility index (Phi) is 5.50. The fraction of sp³-hybridized carbons (Fsp3) is 0.412. The Morgan fingerprint density at radius 3 is 2.70 bits per heavy atom. The van der Waals surface area contributed by atoms with Crippen molar-refractivity contribution in [1.82, 2.24) is 15.5 Å². The minimum Gasteiger partial charge on any atom is -0.386 e. The molecular weight excluding hydrogens is 297 g/mol. The van der Waals surface area contributed by atoms with Gasteiger partial charge in [0.15, 0.2) is 0 Å². The predicted molar refractivity (Wildman–Crippen MR) is 85.3 cm³/mol. The molecule has 2 rings (SSSR count). The lowest BCUT2D eigenvalue weighted by Crippen LogP contribution is -2.33. The van der Waals surface area contributed by atoms with E-state index < -0.39 is 11.9 Å². The number of benzene rings is 1. The number of amides is 1. The highest BCUT2D eigenvalue weighted by Gasteiger charge is 2.19. The number of hydrogen-bond donors (Lipinski definition) is 3. The van der Waals surface area contributed by atoms with Gasteiger partial charge in [0, 0.05) is 23.7 Å². The summed E-state index contributed by atoms with van der Waals surface area (Å²) in [5, 5.41) is 19.7. The van der Waals surface area contributed by atoms with Gasteiger partial charge in [-0.05, 0) is 31.9 Å². The van der Waals surface area contributed by atoms with Crippen molar-refractivity contribution >= 4 is 5.91 Å².